The van der Waals surface area contributed by atoms with Crippen LogP contribution in [0.2, 0.25) is 10.0 Å². The number of aromatic carboxylic acids is 1. The van der Waals surface area contributed by atoms with Crippen molar-refractivity contribution in [3.05, 3.63) is 57.1 Å². The summed E-state index contributed by atoms with van der Waals surface area (Å²) in [7, 11) is 0. The van der Waals surface area contributed by atoms with Crippen LogP contribution in [-0.2, 0) is 0 Å². The van der Waals surface area contributed by atoms with Crippen LogP contribution in [0.25, 0.3) is 11.1 Å². The number of benzene rings is 2. The van der Waals surface area contributed by atoms with Gasteiger partial charge in [-0.05, 0) is 29.8 Å². The fraction of sp³-hybridized carbons (Fsp3) is 0. The Morgan fingerprint density at radius 3 is 2.32 bits per heavy atom. The van der Waals surface area contributed by atoms with Crippen molar-refractivity contribution in [3.8, 4) is 11.1 Å². The van der Waals surface area contributed by atoms with E-state index in [0.717, 1.165) is 0 Å². The number of fused-ring (bicyclic) bond motifs is 3. The smallest absolute Gasteiger partial charge is 0.336 e. The number of carbonyl (C=O) groups is 2. The molecule has 19 heavy (non-hydrogen) atoms. The molecule has 1 aliphatic carbocycles. The van der Waals surface area contributed by atoms with Crippen LogP contribution >= 0.6 is 23.2 Å². The molecule has 0 heterocycles. The molecule has 5 heteroatoms. The molecule has 2 aromatic carbocycles. The molecule has 0 aliphatic heterocycles. The Kier molecular flexibility index (Phi) is 2.62. The predicted molar refractivity (Wildman–Crippen MR) is 72.3 cm³/mol. The highest BCUT2D eigenvalue weighted by Crippen LogP contribution is 2.41. The minimum atomic E-state index is -1.12. The predicted octanol–water partition coefficient (Wildman–Crippen LogP) is 3.90. The zero-order valence-corrected chi connectivity index (χ0v) is 10.9. The molecule has 0 radical (unpaired) electrons. The third-order valence-electron chi connectivity index (χ3n) is 3.07. The molecule has 0 saturated carbocycles. The summed E-state index contributed by atoms with van der Waals surface area (Å²) in [5, 5.41) is 9.90. The Hall–Kier alpha value is -1.84. The van der Waals surface area contributed by atoms with Crippen molar-refractivity contribution >= 4 is 35.0 Å². The van der Waals surface area contributed by atoms with E-state index >= 15 is 0 Å². The van der Waals surface area contributed by atoms with Gasteiger partial charge in [-0.2, -0.15) is 0 Å². The van der Waals surface area contributed by atoms with Crippen LogP contribution in [0.1, 0.15) is 26.3 Å². The Morgan fingerprint density at radius 2 is 1.63 bits per heavy atom. The van der Waals surface area contributed by atoms with Gasteiger partial charge < -0.3 is 5.11 Å². The second-order valence-corrected chi connectivity index (χ2v) is 5.07. The van der Waals surface area contributed by atoms with Crippen LogP contribution in [0, 0.1) is 0 Å². The SMILES string of the molecule is O=C(O)c1cc(Cl)cc2c1-c1ccc(Cl)cc1C2=O. The lowest BCUT2D eigenvalue weighted by Crippen LogP contribution is -2.01. The van der Waals surface area contributed by atoms with Crippen LogP contribution in [0.4, 0.5) is 0 Å². The minimum absolute atomic E-state index is 0.0249. The van der Waals surface area contributed by atoms with Crippen LogP contribution in [0.15, 0.2) is 30.3 Å². The van der Waals surface area contributed by atoms with Gasteiger partial charge in [-0.15, -0.1) is 0 Å². The molecule has 0 spiro atoms. The van der Waals surface area contributed by atoms with Gasteiger partial charge in [0.1, 0.15) is 0 Å². The van der Waals surface area contributed by atoms with Gasteiger partial charge in [0.05, 0.1) is 5.56 Å². The van der Waals surface area contributed by atoms with Gasteiger partial charge in [-0.3, -0.25) is 4.79 Å². The van der Waals surface area contributed by atoms with E-state index in [9.17, 15) is 14.7 Å². The normalized spacial score (nSPS) is 12.2. The molecule has 0 atom stereocenters. The summed E-state index contributed by atoms with van der Waals surface area (Å²) >= 11 is 11.7. The van der Waals surface area contributed by atoms with Gasteiger partial charge in [-0.25, -0.2) is 4.79 Å². The van der Waals surface area contributed by atoms with E-state index in [1.807, 2.05) is 0 Å². The van der Waals surface area contributed by atoms with Crippen molar-refractivity contribution in [2.45, 2.75) is 0 Å². The summed E-state index contributed by atoms with van der Waals surface area (Å²) in [6, 6.07) is 7.66. The van der Waals surface area contributed by atoms with E-state index in [1.165, 1.54) is 12.1 Å². The molecule has 1 N–H and O–H groups in total. The maximum Gasteiger partial charge on any atom is 0.336 e. The number of carboxylic acids is 1. The van der Waals surface area contributed by atoms with E-state index in [-0.39, 0.29) is 16.4 Å². The lowest BCUT2D eigenvalue weighted by molar-refractivity contribution is 0.0697. The van der Waals surface area contributed by atoms with Gasteiger partial charge in [-0.1, -0.05) is 29.3 Å². The molecule has 1 aliphatic rings. The Labute approximate surface area is 118 Å². The molecular weight excluding hydrogens is 287 g/mol. The van der Waals surface area contributed by atoms with E-state index in [2.05, 4.69) is 0 Å². The summed E-state index contributed by atoms with van der Waals surface area (Å²) in [6.07, 6.45) is 0. The van der Waals surface area contributed by atoms with E-state index < -0.39 is 5.97 Å². The first-order valence-electron chi connectivity index (χ1n) is 5.40. The molecule has 0 unspecified atom stereocenters. The maximum atomic E-state index is 12.3. The average molecular weight is 293 g/mol. The van der Waals surface area contributed by atoms with Crippen LogP contribution < -0.4 is 0 Å². The van der Waals surface area contributed by atoms with E-state index in [4.69, 9.17) is 23.2 Å². The Bertz CT molecular complexity index is 751. The molecule has 0 saturated heterocycles. The summed E-state index contributed by atoms with van der Waals surface area (Å²) < 4.78 is 0. The number of hydrogen-bond acceptors (Lipinski definition) is 2. The maximum absolute atomic E-state index is 12.3. The Morgan fingerprint density at radius 1 is 0.947 bits per heavy atom. The van der Waals surface area contributed by atoms with Crippen molar-refractivity contribution in [2.75, 3.05) is 0 Å². The lowest BCUT2D eigenvalue weighted by Gasteiger charge is -2.05. The summed E-state index contributed by atoms with van der Waals surface area (Å²) in [4.78, 5) is 23.6. The highest BCUT2D eigenvalue weighted by molar-refractivity contribution is 6.34. The second-order valence-electron chi connectivity index (χ2n) is 4.20. The van der Waals surface area contributed by atoms with Crippen molar-refractivity contribution in [1.82, 2.24) is 0 Å². The first-order chi connectivity index (χ1) is 8.99. The zero-order valence-electron chi connectivity index (χ0n) is 9.41. The number of carbonyl (C=O) groups excluding carboxylic acids is 1. The molecule has 0 aromatic heterocycles. The van der Waals surface area contributed by atoms with Crippen molar-refractivity contribution in [1.29, 1.82) is 0 Å². The molecule has 94 valence electrons. The fourth-order valence-corrected chi connectivity index (χ4v) is 2.70. The van der Waals surface area contributed by atoms with Crippen molar-refractivity contribution in [3.63, 3.8) is 0 Å². The second kappa shape index (κ2) is 4.08. The standard InChI is InChI=1S/C14H6Cl2O3/c15-6-1-2-8-9(3-6)13(17)10-4-7(16)5-11(12(8)10)14(18)19/h1-5H,(H,18,19). The van der Waals surface area contributed by atoms with E-state index in [1.54, 1.807) is 18.2 Å². The highest BCUT2D eigenvalue weighted by Gasteiger charge is 2.31. The summed E-state index contributed by atoms with van der Waals surface area (Å²) in [5.41, 5.74) is 1.73. The quantitative estimate of drug-likeness (QED) is 0.740. The lowest BCUT2D eigenvalue weighted by atomic mass is 9.99. The third kappa shape index (κ3) is 1.74. The minimum Gasteiger partial charge on any atom is -0.478 e. The first kappa shape index (κ1) is 12.2. The van der Waals surface area contributed by atoms with Crippen molar-refractivity contribution < 1.29 is 14.7 Å². The number of rotatable bonds is 1. The van der Waals surface area contributed by atoms with Gasteiger partial charge in [0, 0.05) is 26.7 Å². The fourth-order valence-electron chi connectivity index (χ4n) is 2.31. The van der Waals surface area contributed by atoms with Crippen LogP contribution in [0.3, 0.4) is 0 Å². The molecule has 3 nitrogen and oxygen atoms in total. The molecule has 0 fully saturated rings. The zero-order chi connectivity index (χ0) is 13.7. The third-order valence-corrected chi connectivity index (χ3v) is 3.53. The van der Waals surface area contributed by atoms with Gasteiger partial charge in [0.2, 0.25) is 0 Å². The van der Waals surface area contributed by atoms with Gasteiger partial charge in [0.25, 0.3) is 0 Å². The Balaban J connectivity index is 2.41. The molecular formula is C14H6Cl2O3. The summed E-state index contributed by atoms with van der Waals surface area (Å²) in [5.74, 6) is -1.37. The number of carboxylic acid groups (broad SMARTS) is 1. The van der Waals surface area contributed by atoms with Crippen molar-refractivity contribution in [2.24, 2.45) is 0 Å². The monoisotopic (exact) mass is 292 g/mol. The largest absolute Gasteiger partial charge is 0.478 e. The van der Waals surface area contributed by atoms with Crippen LogP contribution in [0.5, 0.6) is 0 Å². The highest BCUT2D eigenvalue weighted by atomic mass is 35.5. The van der Waals surface area contributed by atoms with E-state index in [0.29, 0.717) is 27.3 Å². The number of ketones is 1. The topological polar surface area (TPSA) is 54.4 Å². The summed E-state index contributed by atoms with van der Waals surface area (Å²) in [6.45, 7) is 0. The average Bonchev–Trinajstić information content (AvgIpc) is 2.62. The van der Waals surface area contributed by atoms with Crippen LogP contribution in [-0.4, -0.2) is 16.9 Å². The van der Waals surface area contributed by atoms with Gasteiger partial charge in [0.15, 0.2) is 5.78 Å². The first-order valence-corrected chi connectivity index (χ1v) is 6.16. The molecule has 3 rings (SSSR count). The number of hydrogen-bond donors (Lipinski definition) is 1. The number of halogens is 2. The van der Waals surface area contributed by atoms with Gasteiger partial charge >= 0.3 is 5.97 Å². The molecule has 0 bridgehead atoms. The molecule has 2 aromatic rings. The molecule has 0 amide bonds.